The van der Waals surface area contributed by atoms with Crippen LogP contribution in [0.3, 0.4) is 0 Å². The van der Waals surface area contributed by atoms with Crippen LogP contribution in [0.15, 0.2) is 164 Å². The summed E-state index contributed by atoms with van der Waals surface area (Å²) in [6, 6.07) is 57.7. The number of aromatic nitrogens is 3. The SMILES string of the molecule is c1ccc(-c2ccc(-c3cc(-c4ccc(-c5c6ccccc6n6c5sc5ccccc56)cc4)nc(-c4ccccc4)n3)cc2)cc1. The molecule has 0 spiro atoms. The molecule has 3 aromatic heterocycles. The van der Waals surface area contributed by atoms with E-state index in [0.717, 1.165) is 33.9 Å². The molecule has 6 aromatic carbocycles. The molecule has 0 atom stereocenters. The molecule has 4 heteroatoms. The van der Waals surface area contributed by atoms with Gasteiger partial charge in [0.05, 0.1) is 27.1 Å². The van der Waals surface area contributed by atoms with Gasteiger partial charge < -0.3 is 0 Å². The van der Waals surface area contributed by atoms with Gasteiger partial charge in [0.2, 0.25) is 0 Å². The van der Waals surface area contributed by atoms with E-state index in [1.165, 1.54) is 48.2 Å². The Morgan fingerprint density at radius 3 is 1.59 bits per heavy atom. The van der Waals surface area contributed by atoms with Crippen LogP contribution >= 0.6 is 11.3 Å². The Balaban J connectivity index is 1.15. The molecule has 9 aromatic rings. The molecule has 3 nitrogen and oxygen atoms in total. The van der Waals surface area contributed by atoms with Crippen molar-refractivity contribution < 1.29 is 0 Å². The monoisotopic (exact) mass is 605 g/mol. The lowest BCUT2D eigenvalue weighted by Gasteiger charge is -2.11. The second kappa shape index (κ2) is 11.0. The number of nitrogens with zero attached hydrogens (tertiary/aromatic N) is 3. The number of hydrogen-bond donors (Lipinski definition) is 0. The fourth-order valence-corrected chi connectivity index (χ4v) is 7.63. The van der Waals surface area contributed by atoms with E-state index in [4.69, 9.17) is 9.97 Å². The third-order valence-electron chi connectivity index (χ3n) is 8.66. The standard InChI is InChI=1S/C42H27N3S/c1-3-11-28(12-4-1)29-19-21-30(22-20-29)35-27-36(44-41(43-35)33-13-5-2-6-14-33)31-23-25-32(26-24-31)40-34-15-7-8-16-37(34)45-38-17-9-10-18-39(38)46-42(40)45/h1-27H. The maximum absolute atomic E-state index is 5.07. The van der Waals surface area contributed by atoms with Crippen molar-refractivity contribution in [1.29, 1.82) is 0 Å². The Bertz CT molecular complexity index is 2490. The highest BCUT2D eigenvalue weighted by atomic mass is 32.1. The summed E-state index contributed by atoms with van der Waals surface area (Å²) in [4.78, 5) is 11.4. The van der Waals surface area contributed by atoms with Crippen molar-refractivity contribution >= 4 is 37.3 Å². The number of para-hydroxylation sites is 2. The van der Waals surface area contributed by atoms with Gasteiger partial charge in [-0.25, -0.2) is 9.97 Å². The van der Waals surface area contributed by atoms with Crippen LogP contribution in [0.5, 0.6) is 0 Å². The third-order valence-corrected chi connectivity index (χ3v) is 9.80. The van der Waals surface area contributed by atoms with E-state index in [0.29, 0.717) is 0 Å². The molecular formula is C42H27N3S. The zero-order valence-corrected chi connectivity index (χ0v) is 25.7. The summed E-state index contributed by atoms with van der Waals surface area (Å²) in [7, 11) is 0. The molecule has 216 valence electrons. The van der Waals surface area contributed by atoms with Gasteiger partial charge in [0, 0.05) is 27.6 Å². The third kappa shape index (κ3) is 4.50. The van der Waals surface area contributed by atoms with Gasteiger partial charge in [-0.15, -0.1) is 11.3 Å². The molecule has 46 heavy (non-hydrogen) atoms. The molecule has 0 saturated heterocycles. The maximum atomic E-state index is 5.07. The summed E-state index contributed by atoms with van der Waals surface area (Å²) in [6.45, 7) is 0. The Morgan fingerprint density at radius 1 is 0.413 bits per heavy atom. The molecule has 0 fully saturated rings. The molecule has 0 radical (unpaired) electrons. The minimum absolute atomic E-state index is 0.717. The van der Waals surface area contributed by atoms with Crippen LogP contribution in [0.1, 0.15) is 0 Å². The molecule has 0 N–H and O–H groups in total. The van der Waals surface area contributed by atoms with E-state index in [2.05, 4.69) is 144 Å². The number of rotatable bonds is 5. The first-order chi connectivity index (χ1) is 22.8. The van der Waals surface area contributed by atoms with Gasteiger partial charge >= 0.3 is 0 Å². The van der Waals surface area contributed by atoms with Crippen LogP contribution in [-0.2, 0) is 0 Å². The summed E-state index contributed by atoms with van der Waals surface area (Å²) in [6.07, 6.45) is 0. The van der Waals surface area contributed by atoms with E-state index < -0.39 is 0 Å². The largest absolute Gasteiger partial charge is 0.299 e. The Morgan fingerprint density at radius 2 is 0.913 bits per heavy atom. The topological polar surface area (TPSA) is 30.2 Å². The van der Waals surface area contributed by atoms with Crippen molar-refractivity contribution in [2.24, 2.45) is 0 Å². The molecule has 9 rings (SSSR count). The van der Waals surface area contributed by atoms with Crippen molar-refractivity contribution in [1.82, 2.24) is 14.4 Å². The molecule has 3 heterocycles. The average molecular weight is 606 g/mol. The molecular weight excluding hydrogens is 579 g/mol. The highest BCUT2D eigenvalue weighted by Crippen LogP contribution is 2.42. The summed E-state index contributed by atoms with van der Waals surface area (Å²) >= 11 is 1.85. The quantitative estimate of drug-likeness (QED) is 0.195. The predicted octanol–water partition coefficient (Wildman–Crippen LogP) is 11.4. The summed E-state index contributed by atoms with van der Waals surface area (Å²) in [5.41, 5.74) is 12.3. The smallest absolute Gasteiger partial charge is 0.160 e. The minimum Gasteiger partial charge on any atom is -0.299 e. The number of thiazole rings is 1. The average Bonchev–Trinajstić information content (AvgIpc) is 3.67. The summed E-state index contributed by atoms with van der Waals surface area (Å²) in [5.74, 6) is 0.717. The van der Waals surface area contributed by atoms with E-state index in [1.54, 1.807) is 0 Å². The van der Waals surface area contributed by atoms with Gasteiger partial charge in [-0.2, -0.15) is 0 Å². The number of hydrogen-bond acceptors (Lipinski definition) is 3. The first-order valence-electron chi connectivity index (χ1n) is 15.4. The second-order valence-corrected chi connectivity index (χ2v) is 12.5. The lowest BCUT2D eigenvalue weighted by molar-refractivity contribution is 1.18. The number of benzene rings is 6. The molecule has 0 saturated carbocycles. The fourth-order valence-electron chi connectivity index (χ4n) is 6.39. The normalized spacial score (nSPS) is 11.5. The van der Waals surface area contributed by atoms with E-state index in [9.17, 15) is 0 Å². The summed E-state index contributed by atoms with van der Waals surface area (Å²) < 4.78 is 3.70. The lowest BCUT2D eigenvalue weighted by atomic mass is 10.00. The maximum Gasteiger partial charge on any atom is 0.160 e. The molecule has 0 aliphatic carbocycles. The van der Waals surface area contributed by atoms with Crippen molar-refractivity contribution in [2.45, 2.75) is 0 Å². The lowest BCUT2D eigenvalue weighted by Crippen LogP contribution is -1.96. The predicted molar refractivity (Wildman–Crippen MR) is 193 cm³/mol. The Hall–Kier alpha value is -5.84. The molecule has 0 bridgehead atoms. The fraction of sp³-hybridized carbons (Fsp3) is 0. The zero-order chi connectivity index (χ0) is 30.5. The van der Waals surface area contributed by atoms with Crippen molar-refractivity contribution in [3.8, 4) is 56.2 Å². The van der Waals surface area contributed by atoms with Gasteiger partial charge in [0.25, 0.3) is 0 Å². The summed E-state index contributed by atoms with van der Waals surface area (Å²) in [5, 5.41) is 1.27. The molecule has 0 amide bonds. The van der Waals surface area contributed by atoms with Crippen LogP contribution in [0.25, 0.3) is 82.1 Å². The van der Waals surface area contributed by atoms with Crippen molar-refractivity contribution in [3.05, 3.63) is 164 Å². The van der Waals surface area contributed by atoms with Gasteiger partial charge in [-0.05, 0) is 41.0 Å². The van der Waals surface area contributed by atoms with Gasteiger partial charge in [0.1, 0.15) is 4.83 Å². The van der Waals surface area contributed by atoms with Crippen LogP contribution < -0.4 is 0 Å². The minimum atomic E-state index is 0.717. The highest BCUT2D eigenvalue weighted by Gasteiger charge is 2.18. The molecule has 0 aliphatic heterocycles. The van der Waals surface area contributed by atoms with Crippen molar-refractivity contribution in [3.63, 3.8) is 0 Å². The first kappa shape index (κ1) is 26.6. The van der Waals surface area contributed by atoms with Gasteiger partial charge in [-0.1, -0.05) is 140 Å². The van der Waals surface area contributed by atoms with Crippen LogP contribution in [-0.4, -0.2) is 14.4 Å². The van der Waals surface area contributed by atoms with E-state index in [1.807, 2.05) is 35.6 Å². The first-order valence-corrected chi connectivity index (χ1v) is 16.2. The van der Waals surface area contributed by atoms with Crippen LogP contribution in [0, 0.1) is 0 Å². The Labute approximate surface area is 270 Å². The zero-order valence-electron chi connectivity index (χ0n) is 24.8. The number of fused-ring (bicyclic) bond motifs is 5. The highest BCUT2D eigenvalue weighted by molar-refractivity contribution is 7.24. The van der Waals surface area contributed by atoms with Crippen LogP contribution in [0.4, 0.5) is 0 Å². The van der Waals surface area contributed by atoms with Gasteiger partial charge in [-0.3, -0.25) is 4.40 Å². The molecule has 0 unspecified atom stereocenters. The van der Waals surface area contributed by atoms with E-state index in [-0.39, 0.29) is 0 Å². The molecule has 0 aliphatic rings. The van der Waals surface area contributed by atoms with Crippen molar-refractivity contribution in [2.75, 3.05) is 0 Å². The Kier molecular flexibility index (Phi) is 6.32. The second-order valence-electron chi connectivity index (χ2n) is 11.5. The van der Waals surface area contributed by atoms with Crippen LogP contribution in [0.2, 0.25) is 0 Å². The van der Waals surface area contributed by atoms with E-state index >= 15 is 0 Å². The van der Waals surface area contributed by atoms with Gasteiger partial charge in [0.15, 0.2) is 5.82 Å².